The van der Waals surface area contributed by atoms with E-state index < -0.39 is 28.9 Å². The fourth-order valence-corrected chi connectivity index (χ4v) is 14.3. The number of aliphatic hydroxyl groups excluding tert-OH is 1. The summed E-state index contributed by atoms with van der Waals surface area (Å²) in [6.45, 7) is 9.46. The lowest BCUT2D eigenvalue weighted by Gasteiger charge is -2.64. The van der Waals surface area contributed by atoms with Gasteiger partial charge in [0.05, 0.1) is 51.3 Å². The third-order valence-corrected chi connectivity index (χ3v) is 17.2. The van der Waals surface area contributed by atoms with Gasteiger partial charge in [-0.25, -0.2) is 0 Å². The molecule has 8 aliphatic rings. The molecule has 2 aromatic rings. The van der Waals surface area contributed by atoms with Crippen LogP contribution >= 0.6 is 0 Å². The van der Waals surface area contributed by atoms with Crippen molar-refractivity contribution in [1.29, 1.82) is 0 Å². The predicted molar refractivity (Wildman–Crippen MR) is 211 cm³/mol. The number of aliphatic hydroxyl groups is 1. The van der Waals surface area contributed by atoms with E-state index in [1.165, 1.54) is 17.7 Å². The molecule has 10 heteroatoms. The number of phenolic OH excluding ortho intramolecular Hbond substituents is 1. The number of carbonyl (C=O) groups excluding carboxylic acids is 3. The summed E-state index contributed by atoms with van der Waals surface area (Å²) in [5.41, 5.74) is 0.698. The van der Waals surface area contributed by atoms with Crippen molar-refractivity contribution >= 4 is 17.7 Å². The van der Waals surface area contributed by atoms with Crippen LogP contribution in [0.4, 0.5) is 0 Å². The predicted octanol–water partition coefficient (Wildman–Crippen LogP) is 7.88. The van der Waals surface area contributed by atoms with Crippen molar-refractivity contribution in [3.05, 3.63) is 83.5 Å². The van der Waals surface area contributed by atoms with E-state index >= 15 is 4.79 Å². The molecule has 0 amide bonds. The first kappa shape index (κ1) is 38.2. The largest absolute Gasteiger partial charge is 0.508 e. The first-order chi connectivity index (χ1) is 27.5. The summed E-state index contributed by atoms with van der Waals surface area (Å²) in [6, 6.07) is 14.2. The number of phenols is 1. The Morgan fingerprint density at radius 3 is 2.48 bits per heavy atom. The Kier molecular flexibility index (Phi) is 8.25. The van der Waals surface area contributed by atoms with E-state index in [0.717, 1.165) is 43.4 Å². The highest BCUT2D eigenvalue weighted by molar-refractivity contribution is 5.90. The molecule has 3 saturated carbocycles. The molecule has 3 aliphatic heterocycles. The second-order valence-electron chi connectivity index (χ2n) is 20.1. The maximum atomic E-state index is 15.0. The van der Waals surface area contributed by atoms with Gasteiger partial charge >= 0.3 is 11.9 Å². The molecule has 13 atom stereocenters. The highest BCUT2D eigenvalue weighted by atomic mass is 16.7. The standard InChI is InChI=1S/C48H56O10/c1-42(57-40(52)21-35(50)28-6-10-31(49)11-7-28)24-48(56-26-42)23-33(41(53)58-48)34-15-19-47-25-46(34,47)18-16-37-43(2)17-14-30-20-36(29-8-12-32(54-5)13-9-29)55-27-44(30,3)38(43)22-39(51)45(37,47)4/h6-14,16,18,33-38,49-50H,15,17,19-27H2,1-5H3/t33-,34-,35?,36-,37+,38+,42+,43+,44-,45-,46?,47?,48-/m0/s1. The van der Waals surface area contributed by atoms with Crippen molar-refractivity contribution in [2.45, 2.75) is 109 Å². The molecule has 6 fully saturated rings. The second-order valence-corrected chi connectivity index (χ2v) is 20.1. The number of ketones is 1. The van der Waals surface area contributed by atoms with Gasteiger partial charge in [-0.3, -0.25) is 14.4 Å². The van der Waals surface area contributed by atoms with Crippen LogP contribution in [0.3, 0.4) is 0 Å². The van der Waals surface area contributed by atoms with Crippen LogP contribution in [0.15, 0.2) is 72.3 Å². The summed E-state index contributed by atoms with van der Waals surface area (Å²) in [5, 5.41) is 20.2. The van der Waals surface area contributed by atoms with Crippen molar-refractivity contribution in [3.8, 4) is 11.5 Å². The number of esters is 2. The van der Waals surface area contributed by atoms with E-state index in [-0.39, 0.29) is 82.6 Å². The minimum absolute atomic E-state index is 0.0218. The van der Waals surface area contributed by atoms with Crippen molar-refractivity contribution < 1.29 is 48.3 Å². The number of benzene rings is 2. The van der Waals surface area contributed by atoms with E-state index in [4.69, 9.17) is 23.7 Å². The number of hydrogen-bond acceptors (Lipinski definition) is 10. The van der Waals surface area contributed by atoms with Crippen LogP contribution < -0.4 is 4.74 Å². The molecule has 5 aliphatic carbocycles. The van der Waals surface area contributed by atoms with Gasteiger partial charge in [-0.05, 0) is 108 Å². The Morgan fingerprint density at radius 2 is 1.74 bits per heavy atom. The minimum atomic E-state index is -1.19. The van der Waals surface area contributed by atoms with Crippen LogP contribution in [-0.2, 0) is 33.3 Å². The number of aromatic hydroxyl groups is 1. The summed E-state index contributed by atoms with van der Waals surface area (Å²) >= 11 is 0. The lowest BCUT2D eigenvalue weighted by molar-refractivity contribution is -0.192. The van der Waals surface area contributed by atoms with Crippen molar-refractivity contribution in [3.63, 3.8) is 0 Å². The molecule has 1 spiro atoms. The number of Topliss-reactive ketones (excluding diaryl/α,β-unsaturated/α-hetero) is 1. The highest BCUT2D eigenvalue weighted by Crippen LogP contribution is 2.89. The van der Waals surface area contributed by atoms with E-state index in [1.807, 2.05) is 12.1 Å². The number of allylic oxidation sites excluding steroid dienone is 3. The number of fused-ring (bicyclic) bond motifs is 5. The first-order valence-electron chi connectivity index (χ1n) is 21.3. The normalized spacial score (nSPS) is 44.9. The Hall–Kier alpha value is -3.99. The smallest absolute Gasteiger partial charge is 0.312 e. The molecule has 2 aromatic carbocycles. The molecule has 10 rings (SSSR count). The Morgan fingerprint density at radius 1 is 0.983 bits per heavy atom. The van der Waals surface area contributed by atoms with Gasteiger partial charge in [0.25, 0.3) is 0 Å². The molecule has 10 nitrogen and oxygen atoms in total. The third kappa shape index (κ3) is 5.16. The minimum Gasteiger partial charge on any atom is -0.508 e. The van der Waals surface area contributed by atoms with Gasteiger partial charge in [0.15, 0.2) is 0 Å². The van der Waals surface area contributed by atoms with Crippen LogP contribution in [0.25, 0.3) is 0 Å². The zero-order valence-electron chi connectivity index (χ0n) is 34.3. The van der Waals surface area contributed by atoms with Gasteiger partial charge in [-0.2, -0.15) is 0 Å². The number of hydrogen-bond donors (Lipinski definition) is 2. The average Bonchev–Trinajstić information content (AvgIpc) is 3.40. The average molecular weight is 793 g/mol. The molecule has 58 heavy (non-hydrogen) atoms. The maximum absolute atomic E-state index is 15.0. The fraction of sp³-hybridized carbons (Fsp3) is 0.604. The van der Waals surface area contributed by atoms with E-state index in [0.29, 0.717) is 30.8 Å². The van der Waals surface area contributed by atoms with Crippen molar-refractivity contribution in [1.82, 2.24) is 0 Å². The number of carbonyl (C=O) groups is 3. The van der Waals surface area contributed by atoms with Gasteiger partial charge in [0.1, 0.15) is 22.9 Å². The number of methoxy groups -OCH3 is 1. The van der Waals surface area contributed by atoms with Crippen molar-refractivity contribution in [2.75, 3.05) is 20.3 Å². The molecule has 3 unspecified atom stereocenters. The molecule has 2 N–H and O–H groups in total. The first-order valence-corrected chi connectivity index (χ1v) is 21.3. The molecule has 308 valence electrons. The van der Waals surface area contributed by atoms with E-state index in [1.54, 1.807) is 26.2 Å². The number of ether oxygens (including phenoxy) is 5. The fourth-order valence-electron chi connectivity index (χ4n) is 14.3. The molecule has 3 saturated heterocycles. The lowest BCUT2D eigenvalue weighted by Crippen LogP contribution is -2.63. The molecular weight excluding hydrogens is 737 g/mol. The zero-order valence-corrected chi connectivity index (χ0v) is 34.3. The maximum Gasteiger partial charge on any atom is 0.312 e. The third-order valence-electron chi connectivity index (χ3n) is 17.2. The molecule has 0 radical (unpaired) electrons. The SMILES string of the molecule is COc1ccc([C@@H]2CC3=CC[C@@]4(C)[C@@H](CC(=O)[C@]5(C)[C@@H]4C=CC46CC45CC[C@H]6[C@@H]4C[C@@]5(C[C@@](C)(OC(=O)CC(O)c6ccc(O)cc6)CO5)OC4=O)[C@@]3(C)CO2)cc1. The van der Waals surface area contributed by atoms with Gasteiger partial charge in [0, 0.05) is 23.7 Å². The summed E-state index contributed by atoms with van der Waals surface area (Å²) in [6.07, 6.45) is 11.5. The summed E-state index contributed by atoms with van der Waals surface area (Å²) in [5.74, 6) is -0.895. The lowest BCUT2D eigenvalue weighted by atomic mass is 9.39. The van der Waals surface area contributed by atoms with Crippen LogP contribution in [0.1, 0.15) is 109 Å². The second kappa shape index (κ2) is 12.5. The Labute approximate surface area is 340 Å². The molecular formula is C48H56O10. The van der Waals surface area contributed by atoms with Gasteiger partial charge in [-0.15, -0.1) is 0 Å². The van der Waals surface area contributed by atoms with Crippen molar-refractivity contribution in [2.24, 2.45) is 50.7 Å². The van der Waals surface area contributed by atoms with Crippen LogP contribution in [-0.4, -0.2) is 59.6 Å². The topological polar surface area (TPSA) is 138 Å². The molecule has 0 aromatic heterocycles. The van der Waals surface area contributed by atoms with Crippen LogP contribution in [0, 0.1) is 50.7 Å². The zero-order chi connectivity index (χ0) is 40.7. The monoisotopic (exact) mass is 792 g/mol. The molecule has 0 bridgehead atoms. The van der Waals surface area contributed by atoms with Gasteiger partial charge in [0.2, 0.25) is 5.79 Å². The van der Waals surface area contributed by atoms with Gasteiger partial charge in [-0.1, -0.05) is 68.8 Å². The number of rotatable bonds is 7. The quantitative estimate of drug-likeness (QED) is 0.211. The van der Waals surface area contributed by atoms with E-state index in [9.17, 15) is 19.8 Å². The van der Waals surface area contributed by atoms with Crippen LogP contribution in [0.2, 0.25) is 0 Å². The van der Waals surface area contributed by atoms with Crippen LogP contribution in [0.5, 0.6) is 11.5 Å². The highest BCUT2D eigenvalue weighted by Gasteiger charge is 2.85. The summed E-state index contributed by atoms with van der Waals surface area (Å²) in [7, 11) is 1.68. The Bertz CT molecular complexity index is 2130. The van der Waals surface area contributed by atoms with Gasteiger partial charge < -0.3 is 33.9 Å². The van der Waals surface area contributed by atoms with E-state index in [2.05, 4.69) is 51.1 Å². The summed E-state index contributed by atoms with van der Waals surface area (Å²) < 4.78 is 30.3. The summed E-state index contributed by atoms with van der Waals surface area (Å²) in [4.78, 5) is 41.9. The molecule has 3 heterocycles. The Balaban J connectivity index is 0.856.